The van der Waals surface area contributed by atoms with Crippen molar-refractivity contribution in [1.82, 2.24) is 15.5 Å². The molecule has 8 atom stereocenters. The molecule has 1 aromatic rings. The molecule has 57 heavy (non-hydrogen) atoms. The Morgan fingerprint density at radius 1 is 0.842 bits per heavy atom. The van der Waals surface area contributed by atoms with E-state index in [9.17, 15) is 14.4 Å². The lowest BCUT2D eigenvalue weighted by molar-refractivity contribution is -0.222. The molecule has 0 aromatic heterocycles. The average Bonchev–Trinajstić information content (AvgIpc) is 3.84. The summed E-state index contributed by atoms with van der Waals surface area (Å²) in [5, 5.41) is 6.44. The van der Waals surface area contributed by atoms with Crippen LogP contribution in [0.5, 0.6) is 0 Å². The first-order valence-electron chi connectivity index (χ1n) is 21.4. The Balaban J connectivity index is 0.000000899. The highest BCUT2D eigenvalue weighted by Gasteiger charge is 2.69. The summed E-state index contributed by atoms with van der Waals surface area (Å²) in [7, 11) is 0. The molecule has 3 unspecified atom stereocenters. The third-order valence-electron chi connectivity index (χ3n) is 16.1. The van der Waals surface area contributed by atoms with Gasteiger partial charge >= 0.3 is 6.03 Å². The third kappa shape index (κ3) is 8.80. The van der Waals surface area contributed by atoms with Gasteiger partial charge in [0, 0.05) is 38.2 Å². The van der Waals surface area contributed by atoms with Crippen molar-refractivity contribution in [1.29, 1.82) is 0 Å². The van der Waals surface area contributed by atoms with Crippen molar-refractivity contribution in [3.8, 4) is 38.5 Å². The third-order valence-corrected chi connectivity index (χ3v) is 16.1. The number of terminal acetylenes is 3. The summed E-state index contributed by atoms with van der Waals surface area (Å²) < 4.78 is 0. The van der Waals surface area contributed by atoms with Crippen LogP contribution in [-0.4, -0.2) is 49.3 Å². The van der Waals surface area contributed by atoms with Crippen LogP contribution in [0.25, 0.3) is 5.57 Å². The number of nitrogens with zero attached hydrogens (tertiary/aromatic N) is 1. The second kappa shape index (κ2) is 20.0. The predicted octanol–water partition coefficient (Wildman–Crippen LogP) is 10.6. The molecule has 4 saturated carbocycles. The molecule has 0 radical (unpaired) electrons. The van der Waals surface area contributed by atoms with Crippen molar-refractivity contribution in [3.63, 3.8) is 0 Å². The number of amides is 3. The minimum Gasteiger partial charge on any atom is -0.343 e. The maximum atomic E-state index is 13.0. The van der Waals surface area contributed by atoms with Gasteiger partial charge in [0.1, 0.15) is 6.29 Å². The van der Waals surface area contributed by atoms with Crippen LogP contribution < -0.4 is 10.6 Å². The Morgan fingerprint density at radius 3 is 2.12 bits per heavy atom. The van der Waals surface area contributed by atoms with Crippen LogP contribution in [-0.2, 0) is 4.79 Å². The molecule has 6 heteroatoms. The van der Waals surface area contributed by atoms with E-state index in [4.69, 9.17) is 0 Å². The second-order valence-electron chi connectivity index (χ2n) is 18.7. The van der Waals surface area contributed by atoms with Gasteiger partial charge in [-0.3, -0.25) is 9.59 Å². The van der Waals surface area contributed by atoms with E-state index in [2.05, 4.69) is 109 Å². The van der Waals surface area contributed by atoms with Gasteiger partial charge in [-0.2, -0.15) is 0 Å². The van der Waals surface area contributed by atoms with E-state index in [1.807, 2.05) is 24.0 Å². The number of hydrogen-bond acceptors (Lipinski definition) is 3. The largest absolute Gasteiger partial charge is 0.343 e. The zero-order valence-corrected chi connectivity index (χ0v) is 36.2. The molecule has 7 rings (SSSR count). The van der Waals surface area contributed by atoms with Crippen molar-refractivity contribution < 1.29 is 14.4 Å². The number of hydrogen-bond donors (Lipinski definition) is 2. The fraction of sp³-hybridized carbons (Fsp3) is 0.627. The molecule has 0 spiro atoms. The molecule has 310 valence electrons. The Morgan fingerprint density at radius 2 is 1.51 bits per heavy atom. The van der Waals surface area contributed by atoms with E-state index in [1.54, 1.807) is 6.08 Å². The van der Waals surface area contributed by atoms with E-state index in [0.29, 0.717) is 41.5 Å². The molecule has 1 saturated heterocycles. The highest BCUT2D eigenvalue weighted by Crippen LogP contribution is 2.77. The Hall–Kier alpha value is -4.21. The number of carbonyl (C=O) groups excluding carboxylic acids is 3. The molecule has 1 aliphatic heterocycles. The Bertz CT molecular complexity index is 1620. The number of benzene rings is 1. The van der Waals surface area contributed by atoms with Gasteiger partial charge in [0.05, 0.1) is 0 Å². The Labute approximate surface area is 347 Å². The maximum Gasteiger partial charge on any atom is 0.314 e. The lowest BCUT2D eigenvalue weighted by Gasteiger charge is -2.72. The number of aldehydes is 1. The molecular formula is C51H73N3O3. The number of rotatable bonds is 8. The second-order valence-corrected chi connectivity index (χ2v) is 18.7. The highest BCUT2D eigenvalue weighted by molar-refractivity contribution is 5.78. The van der Waals surface area contributed by atoms with Crippen LogP contribution in [0.1, 0.15) is 141 Å². The number of allylic oxidation sites excluding steroid dienone is 3. The van der Waals surface area contributed by atoms with Crippen molar-refractivity contribution in [3.05, 3.63) is 54.1 Å². The SMILES string of the molecule is C#C.C#C.C#C.C=CC.CC1(C)C(c2ccc(C=O)cc2)=CC[C@@]2(C)C1CC[C@]1(C)C2CC[C@@H]2C3CCC[C@]3(CNC(=O)NCCCN3CCCC3=O)CC[C@]21C. The van der Waals surface area contributed by atoms with E-state index in [-0.39, 0.29) is 28.2 Å². The zero-order chi connectivity index (χ0) is 42.7. The molecule has 3 amide bonds. The van der Waals surface area contributed by atoms with Crippen LogP contribution in [0, 0.1) is 89.3 Å². The first-order valence-corrected chi connectivity index (χ1v) is 21.4. The summed E-state index contributed by atoms with van der Waals surface area (Å²) in [6.07, 6.45) is 44.5. The van der Waals surface area contributed by atoms with Gasteiger partial charge in [-0.05, 0) is 139 Å². The lowest BCUT2D eigenvalue weighted by Crippen LogP contribution is -2.65. The first-order chi connectivity index (χ1) is 27.3. The van der Waals surface area contributed by atoms with E-state index in [0.717, 1.165) is 56.7 Å². The van der Waals surface area contributed by atoms with Crippen LogP contribution in [0.3, 0.4) is 0 Å². The van der Waals surface area contributed by atoms with Crippen LogP contribution in [0.4, 0.5) is 4.79 Å². The van der Waals surface area contributed by atoms with Crippen molar-refractivity contribution in [2.45, 2.75) is 125 Å². The van der Waals surface area contributed by atoms with Crippen molar-refractivity contribution in [2.75, 3.05) is 26.2 Å². The number of nitrogens with one attached hydrogen (secondary N) is 2. The van der Waals surface area contributed by atoms with Crippen LogP contribution in [0.2, 0.25) is 0 Å². The first kappa shape index (κ1) is 47.2. The van der Waals surface area contributed by atoms with Gasteiger partial charge in [-0.25, -0.2) is 4.79 Å². The van der Waals surface area contributed by atoms with E-state index in [1.165, 1.54) is 68.9 Å². The van der Waals surface area contributed by atoms with Crippen molar-refractivity contribution >= 4 is 23.8 Å². The molecule has 5 aliphatic carbocycles. The summed E-state index contributed by atoms with van der Waals surface area (Å²) in [4.78, 5) is 38.1. The molecule has 1 aromatic carbocycles. The van der Waals surface area contributed by atoms with Gasteiger partial charge in [0.15, 0.2) is 0 Å². The number of carbonyl (C=O) groups is 3. The molecule has 5 fully saturated rings. The van der Waals surface area contributed by atoms with Gasteiger partial charge in [-0.15, -0.1) is 45.1 Å². The van der Waals surface area contributed by atoms with Gasteiger partial charge in [0.25, 0.3) is 0 Å². The van der Waals surface area contributed by atoms with Gasteiger partial charge in [-0.1, -0.05) is 77.5 Å². The lowest BCUT2D eigenvalue weighted by atomic mass is 9.32. The predicted molar refractivity (Wildman–Crippen MR) is 238 cm³/mol. The average molecular weight is 776 g/mol. The van der Waals surface area contributed by atoms with Crippen molar-refractivity contribution in [2.24, 2.45) is 50.7 Å². The molecule has 1 heterocycles. The Kier molecular flexibility index (Phi) is 16.5. The topological polar surface area (TPSA) is 78.5 Å². The minimum atomic E-state index is -0.0370. The van der Waals surface area contributed by atoms with Gasteiger partial charge < -0.3 is 15.5 Å². The number of likely N-dealkylation sites (tertiary alicyclic amines) is 1. The molecule has 6 aliphatic rings. The van der Waals surface area contributed by atoms with Gasteiger partial charge in [0.2, 0.25) is 5.91 Å². The maximum absolute atomic E-state index is 13.0. The quantitative estimate of drug-likeness (QED) is 0.119. The molecular weight excluding hydrogens is 703 g/mol. The summed E-state index contributed by atoms with van der Waals surface area (Å²) in [6, 6.07) is 8.23. The minimum absolute atomic E-state index is 0.0370. The normalized spacial score (nSPS) is 33.9. The summed E-state index contributed by atoms with van der Waals surface area (Å²) in [5.74, 6) is 3.05. The summed E-state index contributed by atoms with van der Waals surface area (Å²) >= 11 is 0. The zero-order valence-electron chi connectivity index (χ0n) is 36.2. The monoisotopic (exact) mass is 776 g/mol. The summed E-state index contributed by atoms with van der Waals surface area (Å²) in [5.41, 5.74) is 4.75. The van der Waals surface area contributed by atoms with Crippen LogP contribution >= 0.6 is 0 Å². The number of urea groups is 1. The van der Waals surface area contributed by atoms with E-state index < -0.39 is 0 Å². The molecule has 6 nitrogen and oxygen atoms in total. The number of fused-ring (bicyclic) bond motifs is 7. The summed E-state index contributed by atoms with van der Waals surface area (Å²) in [6.45, 7) is 21.3. The fourth-order valence-corrected chi connectivity index (χ4v) is 13.6. The fourth-order valence-electron chi connectivity index (χ4n) is 13.6. The standard InChI is InChI=1S/C42H61N3O3.C3H6.3C2H2/c1-38(2)31(30-13-11-29(27-46)12-14-30)17-20-39(3)34(38)18-21-41(5)35(39)16-15-32-33-9-6-19-42(33,23-22-40(32,41)4)28-44-37(48)43-24-8-26-45-25-7-10-36(45)47;1-3-2;3*1-2/h11-14,17,27,32-35H,6-10,15-16,18-26,28H2,1-5H3,(H2,43,44,48);3H,1H2,2H3;3*1-2H/t32-,33?,34?,35?,39+,40-,41-,42-;;;;/m1..../s1. The highest BCUT2D eigenvalue weighted by atomic mass is 16.2. The smallest absolute Gasteiger partial charge is 0.314 e. The molecule has 0 bridgehead atoms. The molecule has 2 N–H and O–H groups in total. The van der Waals surface area contributed by atoms with Crippen LogP contribution in [0.15, 0.2) is 43.0 Å². The van der Waals surface area contributed by atoms with E-state index >= 15 is 0 Å².